The van der Waals surface area contributed by atoms with Gasteiger partial charge in [0.05, 0.1) is 6.42 Å². The number of aliphatic carboxylic acids is 1. The van der Waals surface area contributed by atoms with Crippen molar-refractivity contribution in [1.82, 2.24) is 10.2 Å². The number of carboxylic acids is 1. The molecule has 1 fully saturated rings. The number of hydrogen-bond donors (Lipinski definition) is 2. The number of urea groups is 1. The van der Waals surface area contributed by atoms with E-state index in [9.17, 15) is 9.59 Å². The smallest absolute Gasteiger partial charge is 0.318 e. The van der Waals surface area contributed by atoms with Gasteiger partial charge in [-0.3, -0.25) is 4.79 Å². The minimum atomic E-state index is -0.847. The van der Waals surface area contributed by atoms with Gasteiger partial charge in [-0.2, -0.15) is 0 Å². The van der Waals surface area contributed by atoms with Gasteiger partial charge in [-0.25, -0.2) is 4.79 Å². The molecule has 16 heavy (non-hydrogen) atoms. The van der Waals surface area contributed by atoms with Crippen LogP contribution in [0.4, 0.5) is 4.79 Å². The summed E-state index contributed by atoms with van der Waals surface area (Å²) < 4.78 is 0. The normalized spacial score (nSPS) is 20.9. The van der Waals surface area contributed by atoms with Gasteiger partial charge in [0.1, 0.15) is 0 Å². The largest absolute Gasteiger partial charge is 0.481 e. The zero-order valence-electron chi connectivity index (χ0n) is 10.1. The minimum absolute atomic E-state index is 0.0392. The molecule has 2 N–H and O–H groups in total. The third-order valence-corrected chi connectivity index (χ3v) is 2.53. The van der Waals surface area contributed by atoms with Crippen molar-refractivity contribution in [3.8, 4) is 0 Å². The van der Waals surface area contributed by atoms with Crippen LogP contribution >= 0.6 is 0 Å². The zero-order valence-corrected chi connectivity index (χ0v) is 10.1. The highest BCUT2D eigenvalue weighted by atomic mass is 16.4. The number of nitrogens with one attached hydrogen (secondary N) is 1. The van der Waals surface area contributed by atoms with E-state index >= 15 is 0 Å². The Morgan fingerprint density at radius 3 is 2.56 bits per heavy atom. The Kier molecular flexibility index (Phi) is 3.78. The van der Waals surface area contributed by atoms with Crippen molar-refractivity contribution < 1.29 is 14.7 Å². The summed E-state index contributed by atoms with van der Waals surface area (Å²) in [6.45, 7) is 6.38. The van der Waals surface area contributed by atoms with Gasteiger partial charge in [0.2, 0.25) is 0 Å². The van der Waals surface area contributed by atoms with E-state index in [2.05, 4.69) is 5.32 Å². The van der Waals surface area contributed by atoms with Crippen LogP contribution in [0.5, 0.6) is 0 Å². The molecule has 0 aliphatic carbocycles. The summed E-state index contributed by atoms with van der Waals surface area (Å²) in [6.07, 6.45) is 1.71. The van der Waals surface area contributed by atoms with E-state index in [-0.39, 0.29) is 24.0 Å². The van der Waals surface area contributed by atoms with Gasteiger partial charge in [0.25, 0.3) is 0 Å². The molecule has 1 saturated heterocycles. The van der Waals surface area contributed by atoms with Gasteiger partial charge in [-0.1, -0.05) is 0 Å². The second-order valence-corrected chi connectivity index (χ2v) is 5.27. The maximum absolute atomic E-state index is 11.9. The standard InChI is InChI=1S/C11H20N2O3/c1-11(2,3)12-10(16)13-6-4-5-8(13)7-9(14)15/h8H,4-7H2,1-3H3,(H,12,16)(H,14,15). The highest BCUT2D eigenvalue weighted by Gasteiger charge is 2.31. The lowest BCUT2D eigenvalue weighted by atomic mass is 10.1. The van der Waals surface area contributed by atoms with Crippen LogP contribution in [-0.4, -0.2) is 40.1 Å². The summed E-state index contributed by atoms with van der Waals surface area (Å²) in [5, 5.41) is 11.6. The second-order valence-electron chi connectivity index (χ2n) is 5.27. The average molecular weight is 228 g/mol. The molecule has 0 aromatic rings. The molecule has 5 heteroatoms. The van der Waals surface area contributed by atoms with Gasteiger partial charge in [0.15, 0.2) is 0 Å². The molecule has 2 amide bonds. The summed E-state index contributed by atoms with van der Waals surface area (Å²) in [4.78, 5) is 24.2. The van der Waals surface area contributed by atoms with Gasteiger partial charge in [-0.15, -0.1) is 0 Å². The Balaban J connectivity index is 2.57. The second kappa shape index (κ2) is 4.72. The first-order valence-corrected chi connectivity index (χ1v) is 5.60. The molecule has 5 nitrogen and oxygen atoms in total. The fourth-order valence-corrected chi connectivity index (χ4v) is 1.91. The Morgan fingerprint density at radius 2 is 2.06 bits per heavy atom. The van der Waals surface area contributed by atoms with E-state index in [0.29, 0.717) is 6.54 Å². The van der Waals surface area contributed by atoms with Crippen LogP contribution < -0.4 is 5.32 Å². The highest BCUT2D eigenvalue weighted by Crippen LogP contribution is 2.20. The predicted octanol–water partition coefficient (Wildman–Crippen LogP) is 1.43. The van der Waals surface area contributed by atoms with Crippen LogP contribution in [0.2, 0.25) is 0 Å². The van der Waals surface area contributed by atoms with E-state index in [1.807, 2.05) is 20.8 Å². The van der Waals surface area contributed by atoms with Gasteiger partial charge in [-0.05, 0) is 33.6 Å². The van der Waals surface area contributed by atoms with Crippen LogP contribution in [0.15, 0.2) is 0 Å². The summed E-state index contributed by atoms with van der Waals surface area (Å²) in [5.41, 5.74) is -0.284. The Labute approximate surface area is 95.8 Å². The summed E-state index contributed by atoms with van der Waals surface area (Å²) >= 11 is 0. The number of carbonyl (C=O) groups is 2. The average Bonchev–Trinajstić information content (AvgIpc) is 2.47. The summed E-state index contributed by atoms with van der Waals surface area (Å²) in [6, 6.07) is -0.309. The lowest BCUT2D eigenvalue weighted by Crippen LogP contribution is -2.50. The number of amides is 2. The van der Waals surface area contributed by atoms with Crippen LogP contribution in [0.3, 0.4) is 0 Å². The van der Waals surface area contributed by atoms with Crippen molar-refractivity contribution in [2.75, 3.05) is 6.54 Å². The first kappa shape index (κ1) is 12.8. The molecule has 1 aliphatic rings. The first-order valence-electron chi connectivity index (χ1n) is 5.60. The third-order valence-electron chi connectivity index (χ3n) is 2.53. The van der Waals surface area contributed by atoms with Crippen LogP contribution in [-0.2, 0) is 4.79 Å². The molecule has 0 spiro atoms. The molecule has 0 aromatic heterocycles. The van der Waals surface area contributed by atoms with E-state index < -0.39 is 5.97 Å². The molecule has 1 atom stereocenters. The van der Waals surface area contributed by atoms with E-state index in [4.69, 9.17) is 5.11 Å². The molecular weight excluding hydrogens is 208 g/mol. The molecule has 0 saturated carbocycles. The Bertz CT molecular complexity index is 283. The molecule has 0 bridgehead atoms. The first-order chi connectivity index (χ1) is 7.29. The van der Waals surface area contributed by atoms with Crippen molar-refractivity contribution in [1.29, 1.82) is 0 Å². The van der Waals surface area contributed by atoms with Crippen LogP contribution in [0.1, 0.15) is 40.0 Å². The predicted molar refractivity (Wildman–Crippen MR) is 60.3 cm³/mol. The van der Waals surface area contributed by atoms with Gasteiger partial charge >= 0.3 is 12.0 Å². The maximum atomic E-state index is 11.9. The number of carbonyl (C=O) groups excluding carboxylic acids is 1. The van der Waals surface area contributed by atoms with Crippen LogP contribution in [0.25, 0.3) is 0 Å². The summed E-state index contributed by atoms with van der Waals surface area (Å²) in [7, 11) is 0. The number of carboxylic acid groups (broad SMARTS) is 1. The molecule has 1 unspecified atom stereocenters. The number of likely N-dealkylation sites (tertiary alicyclic amines) is 1. The molecule has 0 radical (unpaired) electrons. The number of rotatable bonds is 2. The molecule has 1 aliphatic heterocycles. The molecular formula is C11H20N2O3. The molecule has 92 valence electrons. The summed E-state index contributed by atoms with van der Waals surface area (Å²) in [5.74, 6) is -0.847. The van der Waals surface area contributed by atoms with Crippen molar-refractivity contribution in [2.45, 2.75) is 51.6 Å². The topological polar surface area (TPSA) is 69.6 Å². The Morgan fingerprint density at radius 1 is 1.44 bits per heavy atom. The third kappa shape index (κ3) is 3.72. The van der Waals surface area contributed by atoms with Crippen LogP contribution in [0, 0.1) is 0 Å². The van der Waals surface area contributed by atoms with E-state index in [0.717, 1.165) is 12.8 Å². The van der Waals surface area contributed by atoms with Gasteiger partial charge < -0.3 is 15.3 Å². The number of hydrogen-bond acceptors (Lipinski definition) is 2. The zero-order chi connectivity index (χ0) is 12.3. The lowest BCUT2D eigenvalue weighted by Gasteiger charge is -2.29. The fourth-order valence-electron chi connectivity index (χ4n) is 1.91. The van der Waals surface area contributed by atoms with Crippen molar-refractivity contribution >= 4 is 12.0 Å². The van der Waals surface area contributed by atoms with Gasteiger partial charge in [0, 0.05) is 18.1 Å². The van der Waals surface area contributed by atoms with E-state index in [1.165, 1.54) is 0 Å². The molecule has 0 aromatic carbocycles. The van der Waals surface area contributed by atoms with E-state index in [1.54, 1.807) is 4.90 Å². The number of nitrogens with zero attached hydrogens (tertiary/aromatic N) is 1. The highest BCUT2D eigenvalue weighted by molar-refractivity contribution is 5.77. The van der Waals surface area contributed by atoms with Crippen molar-refractivity contribution in [3.63, 3.8) is 0 Å². The molecule has 1 heterocycles. The maximum Gasteiger partial charge on any atom is 0.318 e. The van der Waals surface area contributed by atoms with Crippen molar-refractivity contribution in [3.05, 3.63) is 0 Å². The molecule has 1 rings (SSSR count). The Hall–Kier alpha value is -1.26. The quantitative estimate of drug-likeness (QED) is 0.751. The SMILES string of the molecule is CC(C)(C)NC(=O)N1CCCC1CC(=O)O. The van der Waals surface area contributed by atoms with Crippen molar-refractivity contribution in [2.24, 2.45) is 0 Å². The minimum Gasteiger partial charge on any atom is -0.481 e. The monoisotopic (exact) mass is 228 g/mol. The fraction of sp³-hybridized carbons (Fsp3) is 0.818. The lowest BCUT2D eigenvalue weighted by molar-refractivity contribution is -0.137.